The van der Waals surface area contributed by atoms with Gasteiger partial charge >= 0.3 is 0 Å². The Morgan fingerprint density at radius 2 is 2.21 bits per heavy atom. The fraction of sp³-hybridized carbons (Fsp3) is 0.0769. The van der Waals surface area contributed by atoms with Crippen LogP contribution in [0.1, 0.15) is 0 Å². The normalized spacial score (nSPS) is 10.0. The Bertz CT molecular complexity index is 592. The third-order valence-electron chi connectivity index (χ3n) is 2.16. The summed E-state index contributed by atoms with van der Waals surface area (Å²) in [6.07, 6.45) is 1.59. The molecule has 0 unspecified atom stereocenters. The van der Waals surface area contributed by atoms with Gasteiger partial charge in [-0.3, -0.25) is 4.79 Å². The predicted octanol–water partition coefficient (Wildman–Crippen LogP) is 3.52. The van der Waals surface area contributed by atoms with Crippen LogP contribution in [0.3, 0.4) is 0 Å². The number of anilines is 1. The molecule has 0 spiro atoms. The highest BCUT2D eigenvalue weighted by atomic mass is 79.9. The van der Waals surface area contributed by atoms with E-state index < -0.39 is 0 Å². The minimum absolute atomic E-state index is 0.103. The van der Waals surface area contributed by atoms with Crippen LogP contribution >= 0.6 is 27.5 Å². The van der Waals surface area contributed by atoms with Crippen molar-refractivity contribution in [3.05, 3.63) is 52.1 Å². The number of nitrogens with zero attached hydrogens (tertiary/aromatic N) is 1. The Morgan fingerprint density at radius 1 is 1.37 bits per heavy atom. The van der Waals surface area contributed by atoms with Gasteiger partial charge in [0.1, 0.15) is 11.6 Å². The van der Waals surface area contributed by atoms with Gasteiger partial charge in [0, 0.05) is 15.7 Å². The Kier molecular flexibility index (Phi) is 4.76. The summed E-state index contributed by atoms with van der Waals surface area (Å²) in [6.45, 7) is -0.103. The van der Waals surface area contributed by atoms with Crippen molar-refractivity contribution in [1.29, 1.82) is 0 Å². The average Bonchev–Trinajstić information content (AvgIpc) is 2.36. The largest absolute Gasteiger partial charge is 0.484 e. The van der Waals surface area contributed by atoms with Gasteiger partial charge in [-0.05, 0) is 30.3 Å². The highest BCUT2D eigenvalue weighted by molar-refractivity contribution is 9.10. The first-order valence-corrected chi connectivity index (χ1v) is 6.60. The van der Waals surface area contributed by atoms with Crippen molar-refractivity contribution in [3.8, 4) is 5.75 Å². The first-order chi connectivity index (χ1) is 9.13. The maximum atomic E-state index is 11.7. The highest BCUT2D eigenvalue weighted by Gasteiger charge is 2.05. The van der Waals surface area contributed by atoms with Crippen molar-refractivity contribution < 1.29 is 9.53 Å². The zero-order valence-corrected chi connectivity index (χ0v) is 12.1. The monoisotopic (exact) mass is 340 g/mol. The molecule has 2 rings (SSSR count). The molecule has 0 saturated heterocycles. The zero-order valence-electron chi connectivity index (χ0n) is 9.77. The number of pyridine rings is 1. The Balaban J connectivity index is 1.88. The Hall–Kier alpha value is -1.59. The number of hydrogen-bond donors (Lipinski definition) is 1. The number of halogens is 2. The van der Waals surface area contributed by atoms with Crippen LogP contribution in [-0.4, -0.2) is 17.5 Å². The topological polar surface area (TPSA) is 51.2 Å². The number of amides is 1. The molecule has 0 atom stereocenters. The first-order valence-electron chi connectivity index (χ1n) is 5.43. The average molecular weight is 342 g/mol. The zero-order chi connectivity index (χ0) is 13.7. The van der Waals surface area contributed by atoms with E-state index in [0.29, 0.717) is 16.6 Å². The lowest BCUT2D eigenvalue weighted by molar-refractivity contribution is -0.118. The van der Waals surface area contributed by atoms with Crippen molar-refractivity contribution in [2.75, 3.05) is 11.9 Å². The SMILES string of the molecule is O=C(COc1cccc(Cl)c1)Nc1cc(Br)ccn1. The molecule has 0 aliphatic carbocycles. The van der Waals surface area contributed by atoms with Crippen molar-refractivity contribution >= 4 is 39.3 Å². The van der Waals surface area contributed by atoms with E-state index in [1.54, 1.807) is 42.6 Å². The molecule has 1 aromatic carbocycles. The molecule has 0 saturated carbocycles. The number of aromatic nitrogens is 1. The second-order valence-corrected chi connectivity index (χ2v) is 5.01. The molecule has 0 aliphatic heterocycles. The molecule has 0 fully saturated rings. The van der Waals surface area contributed by atoms with Crippen LogP contribution in [0, 0.1) is 0 Å². The molecule has 1 N–H and O–H groups in total. The molecule has 98 valence electrons. The number of carbonyl (C=O) groups excluding carboxylic acids is 1. The standard InChI is InChI=1S/C13H10BrClN2O2/c14-9-4-5-16-12(6-9)17-13(18)8-19-11-3-1-2-10(15)7-11/h1-7H,8H2,(H,16,17,18). The summed E-state index contributed by atoms with van der Waals surface area (Å²) in [5.74, 6) is 0.726. The van der Waals surface area contributed by atoms with Crippen LogP contribution in [0.25, 0.3) is 0 Å². The molecule has 1 amide bonds. The van der Waals surface area contributed by atoms with Gasteiger partial charge in [-0.15, -0.1) is 0 Å². The van der Waals surface area contributed by atoms with E-state index in [2.05, 4.69) is 26.2 Å². The second-order valence-electron chi connectivity index (χ2n) is 3.65. The summed E-state index contributed by atoms with van der Waals surface area (Å²) in [7, 11) is 0. The number of rotatable bonds is 4. The third kappa shape index (κ3) is 4.54. The van der Waals surface area contributed by atoms with E-state index in [1.165, 1.54) is 0 Å². The fourth-order valence-corrected chi connectivity index (χ4v) is 1.87. The van der Waals surface area contributed by atoms with E-state index in [9.17, 15) is 4.79 Å². The van der Waals surface area contributed by atoms with E-state index >= 15 is 0 Å². The number of carbonyl (C=O) groups is 1. The molecule has 19 heavy (non-hydrogen) atoms. The quantitative estimate of drug-likeness (QED) is 0.926. The predicted molar refractivity (Wildman–Crippen MR) is 77.5 cm³/mol. The van der Waals surface area contributed by atoms with Crippen LogP contribution in [0.15, 0.2) is 47.1 Å². The fourth-order valence-electron chi connectivity index (χ4n) is 1.36. The second kappa shape index (κ2) is 6.54. The summed E-state index contributed by atoms with van der Waals surface area (Å²) in [6, 6.07) is 10.4. The molecular formula is C13H10BrClN2O2. The van der Waals surface area contributed by atoms with Gasteiger partial charge in [-0.1, -0.05) is 33.6 Å². The van der Waals surface area contributed by atoms with Gasteiger partial charge in [0.15, 0.2) is 6.61 Å². The van der Waals surface area contributed by atoms with Crippen molar-refractivity contribution in [2.45, 2.75) is 0 Å². The molecule has 4 nitrogen and oxygen atoms in total. The van der Waals surface area contributed by atoms with Gasteiger partial charge in [0.2, 0.25) is 0 Å². The maximum absolute atomic E-state index is 11.7. The summed E-state index contributed by atoms with van der Waals surface area (Å²) >= 11 is 9.11. The summed E-state index contributed by atoms with van der Waals surface area (Å²) < 4.78 is 6.16. The number of benzene rings is 1. The number of nitrogens with one attached hydrogen (secondary N) is 1. The lowest BCUT2D eigenvalue weighted by Crippen LogP contribution is -2.20. The molecule has 0 aliphatic rings. The first kappa shape index (κ1) is 13.8. The Labute approximate surface area is 123 Å². The molecule has 0 bridgehead atoms. The van der Waals surface area contributed by atoms with Gasteiger partial charge in [-0.25, -0.2) is 4.98 Å². The molecule has 6 heteroatoms. The lowest BCUT2D eigenvalue weighted by atomic mass is 10.3. The van der Waals surface area contributed by atoms with Crippen LogP contribution in [0.2, 0.25) is 5.02 Å². The van der Waals surface area contributed by atoms with Gasteiger partial charge in [0.05, 0.1) is 0 Å². The van der Waals surface area contributed by atoms with E-state index in [1.807, 2.05) is 0 Å². The Morgan fingerprint density at radius 3 is 2.95 bits per heavy atom. The van der Waals surface area contributed by atoms with Crippen LogP contribution in [-0.2, 0) is 4.79 Å². The summed E-state index contributed by atoms with van der Waals surface area (Å²) in [5.41, 5.74) is 0. The van der Waals surface area contributed by atoms with Crippen LogP contribution in [0.4, 0.5) is 5.82 Å². The van der Waals surface area contributed by atoms with Crippen molar-refractivity contribution in [1.82, 2.24) is 4.98 Å². The van der Waals surface area contributed by atoms with E-state index in [4.69, 9.17) is 16.3 Å². The van der Waals surface area contributed by atoms with Crippen molar-refractivity contribution in [3.63, 3.8) is 0 Å². The number of hydrogen-bond acceptors (Lipinski definition) is 3. The summed E-state index contributed by atoms with van der Waals surface area (Å²) in [4.78, 5) is 15.7. The van der Waals surface area contributed by atoms with E-state index in [-0.39, 0.29) is 12.5 Å². The molecule has 0 radical (unpaired) electrons. The van der Waals surface area contributed by atoms with Gasteiger partial charge in [-0.2, -0.15) is 0 Å². The van der Waals surface area contributed by atoms with Crippen LogP contribution in [0.5, 0.6) is 5.75 Å². The molecular weight excluding hydrogens is 332 g/mol. The summed E-state index contributed by atoms with van der Waals surface area (Å²) in [5, 5.41) is 3.19. The third-order valence-corrected chi connectivity index (χ3v) is 2.88. The molecule has 2 aromatic rings. The lowest BCUT2D eigenvalue weighted by Gasteiger charge is -2.07. The minimum Gasteiger partial charge on any atom is -0.484 e. The molecule has 1 aromatic heterocycles. The minimum atomic E-state index is -0.287. The molecule has 1 heterocycles. The van der Waals surface area contributed by atoms with Gasteiger partial charge < -0.3 is 10.1 Å². The van der Waals surface area contributed by atoms with Crippen LogP contribution < -0.4 is 10.1 Å². The highest BCUT2D eigenvalue weighted by Crippen LogP contribution is 2.17. The van der Waals surface area contributed by atoms with Crippen molar-refractivity contribution in [2.24, 2.45) is 0 Å². The van der Waals surface area contributed by atoms with E-state index in [0.717, 1.165) is 4.47 Å². The smallest absolute Gasteiger partial charge is 0.263 e. The van der Waals surface area contributed by atoms with Gasteiger partial charge in [0.25, 0.3) is 5.91 Å². The number of ether oxygens (including phenoxy) is 1. The maximum Gasteiger partial charge on any atom is 0.263 e.